The molecule has 1 aromatic heterocycles. The van der Waals surface area contributed by atoms with Crippen LogP contribution in [0.2, 0.25) is 0 Å². The summed E-state index contributed by atoms with van der Waals surface area (Å²) in [6.07, 6.45) is 1.60. The molecular weight excluding hydrogens is 272 g/mol. The van der Waals surface area contributed by atoms with Gasteiger partial charge < -0.3 is 15.4 Å². The lowest BCUT2D eigenvalue weighted by atomic mass is 10.1. The Bertz CT molecular complexity index is 777. The minimum absolute atomic E-state index is 0.0142. The molecule has 6 nitrogen and oxygen atoms in total. The molecule has 1 unspecified atom stereocenters. The van der Waals surface area contributed by atoms with Gasteiger partial charge in [-0.2, -0.15) is 0 Å². The molecule has 0 radical (unpaired) electrons. The number of carbonyl (C=O) groups is 2. The number of amides is 1. The molecule has 1 amide bonds. The van der Waals surface area contributed by atoms with Gasteiger partial charge in [0.1, 0.15) is 6.04 Å². The van der Waals surface area contributed by atoms with Gasteiger partial charge in [-0.15, -0.1) is 0 Å². The first-order valence-electron chi connectivity index (χ1n) is 6.72. The van der Waals surface area contributed by atoms with Crippen molar-refractivity contribution in [3.63, 3.8) is 0 Å². The predicted octanol–water partition coefficient (Wildman–Crippen LogP) is 1.12. The van der Waals surface area contributed by atoms with Gasteiger partial charge >= 0.3 is 5.97 Å². The fraction of sp³-hybridized carbons (Fsp3) is 0.267. The van der Waals surface area contributed by atoms with Crippen molar-refractivity contribution < 1.29 is 14.7 Å². The number of hydrogen-bond acceptors (Lipinski definition) is 3. The highest BCUT2D eigenvalue weighted by Crippen LogP contribution is 2.33. The number of pyridine rings is 1. The predicted molar refractivity (Wildman–Crippen MR) is 76.2 cm³/mol. The van der Waals surface area contributed by atoms with E-state index in [9.17, 15) is 14.4 Å². The number of H-pyrrole nitrogens is 1. The number of carboxylic acid groups (broad SMARTS) is 1. The summed E-state index contributed by atoms with van der Waals surface area (Å²) in [5.41, 5.74) is 0.354. The number of rotatable bonds is 4. The highest BCUT2D eigenvalue weighted by molar-refractivity contribution is 6.06. The van der Waals surface area contributed by atoms with Crippen LogP contribution in [0.3, 0.4) is 0 Å². The summed E-state index contributed by atoms with van der Waals surface area (Å²) in [6, 6.07) is 7.23. The second kappa shape index (κ2) is 5.05. The molecule has 1 atom stereocenters. The zero-order valence-corrected chi connectivity index (χ0v) is 11.1. The SMILES string of the molecule is O=C(NC(C(=O)O)C1CC1)c1cc(=O)[nH]c2ccccc12. The van der Waals surface area contributed by atoms with Gasteiger partial charge in [0.05, 0.1) is 5.56 Å². The summed E-state index contributed by atoms with van der Waals surface area (Å²) in [7, 11) is 0. The van der Waals surface area contributed by atoms with E-state index in [-0.39, 0.29) is 11.5 Å². The third kappa shape index (κ3) is 2.65. The second-order valence-corrected chi connectivity index (χ2v) is 5.22. The van der Waals surface area contributed by atoms with E-state index < -0.39 is 23.5 Å². The number of carbonyl (C=O) groups excluding carboxylic acids is 1. The van der Waals surface area contributed by atoms with Crippen LogP contribution in [-0.4, -0.2) is 28.0 Å². The van der Waals surface area contributed by atoms with Crippen molar-refractivity contribution in [2.75, 3.05) is 0 Å². The fourth-order valence-corrected chi connectivity index (χ4v) is 2.42. The van der Waals surface area contributed by atoms with E-state index in [1.54, 1.807) is 24.3 Å². The Morgan fingerprint density at radius 1 is 1.29 bits per heavy atom. The molecule has 108 valence electrons. The lowest BCUT2D eigenvalue weighted by molar-refractivity contribution is -0.139. The number of benzene rings is 1. The van der Waals surface area contributed by atoms with E-state index in [1.165, 1.54) is 6.07 Å². The zero-order valence-electron chi connectivity index (χ0n) is 11.1. The molecule has 1 heterocycles. The van der Waals surface area contributed by atoms with Gasteiger partial charge in [0.15, 0.2) is 0 Å². The van der Waals surface area contributed by atoms with Crippen molar-refractivity contribution in [3.8, 4) is 0 Å². The number of aromatic amines is 1. The van der Waals surface area contributed by atoms with Crippen molar-refractivity contribution in [2.45, 2.75) is 18.9 Å². The molecule has 0 bridgehead atoms. The molecule has 3 rings (SSSR count). The number of nitrogens with one attached hydrogen (secondary N) is 2. The Kier molecular flexibility index (Phi) is 3.21. The minimum Gasteiger partial charge on any atom is -0.480 e. The molecule has 3 N–H and O–H groups in total. The van der Waals surface area contributed by atoms with Crippen molar-refractivity contribution >= 4 is 22.8 Å². The molecule has 0 saturated heterocycles. The second-order valence-electron chi connectivity index (χ2n) is 5.22. The Labute approximate surface area is 119 Å². The average molecular weight is 286 g/mol. The first kappa shape index (κ1) is 13.4. The monoisotopic (exact) mass is 286 g/mol. The Hall–Kier alpha value is -2.63. The number of para-hydroxylation sites is 1. The molecule has 1 aliphatic rings. The van der Waals surface area contributed by atoms with E-state index in [0.717, 1.165) is 12.8 Å². The molecule has 6 heteroatoms. The molecule has 1 aromatic carbocycles. The van der Waals surface area contributed by atoms with Crippen LogP contribution < -0.4 is 10.9 Å². The standard InChI is InChI=1S/C15H14N2O4/c18-12-7-10(9-3-1-2-4-11(9)16-12)14(19)17-13(15(20)21)8-5-6-8/h1-4,7-8,13H,5-6H2,(H,16,18)(H,17,19)(H,20,21). The van der Waals surface area contributed by atoms with E-state index in [0.29, 0.717) is 10.9 Å². The summed E-state index contributed by atoms with van der Waals surface area (Å²) in [5, 5.41) is 12.3. The number of aromatic nitrogens is 1. The zero-order chi connectivity index (χ0) is 15.0. The lowest BCUT2D eigenvalue weighted by Crippen LogP contribution is -2.42. The smallest absolute Gasteiger partial charge is 0.326 e. The van der Waals surface area contributed by atoms with Crippen LogP contribution in [0.4, 0.5) is 0 Å². The number of carboxylic acids is 1. The minimum atomic E-state index is -1.04. The summed E-state index contributed by atoms with van der Waals surface area (Å²) in [5.74, 6) is -1.59. The summed E-state index contributed by atoms with van der Waals surface area (Å²) >= 11 is 0. The molecule has 2 aromatic rings. The topological polar surface area (TPSA) is 99.3 Å². The van der Waals surface area contributed by atoms with Crippen LogP contribution in [0.15, 0.2) is 35.1 Å². The van der Waals surface area contributed by atoms with Crippen molar-refractivity contribution in [3.05, 3.63) is 46.2 Å². The van der Waals surface area contributed by atoms with Gasteiger partial charge in [0.2, 0.25) is 5.56 Å². The summed E-state index contributed by atoms with van der Waals surface area (Å²) in [4.78, 5) is 37.8. The van der Waals surface area contributed by atoms with Crippen molar-refractivity contribution in [1.82, 2.24) is 10.3 Å². The normalized spacial score (nSPS) is 15.6. The molecule has 0 spiro atoms. The maximum atomic E-state index is 12.3. The fourth-order valence-electron chi connectivity index (χ4n) is 2.42. The van der Waals surface area contributed by atoms with Gasteiger partial charge in [-0.05, 0) is 24.8 Å². The van der Waals surface area contributed by atoms with Crippen molar-refractivity contribution in [1.29, 1.82) is 0 Å². The number of hydrogen-bond donors (Lipinski definition) is 3. The first-order valence-corrected chi connectivity index (χ1v) is 6.72. The maximum Gasteiger partial charge on any atom is 0.326 e. The van der Waals surface area contributed by atoms with Gasteiger partial charge in [-0.3, -0.25) is 9.59 Å². The summed E-state index contributed by atoms with van der Waals surface area (Å²) in [6.45, 7) is 0. The maximum absolute atomic E-state index is 12.3. The van der Waals surface area contributed by atoms with Gasteiger partial charge in [0.25, 0.3) is 5.91 Å². The summed E-state index contributed by atoms with van der Waals surface area (Å²) < 4.78 is 0. The molecule has 1 fully saturated rings. The Morgan fingerprint density at radius 3 is 2.67 bits per heavy atom. The lowest BCUT2D eigenvalue weighted by Gasteiger charge is -2.14. The van der Waals surface area contributed by atoms with Gasteiger partial charge in [0, 0.05) is 17.0 Å². The number of fused-ring (bicyclic) bond motifs is 1. The Morgan fingerprint density at radius 2 is 2.00 bits per heavy atom. The first-order chi connectivity index (χ1) is 10.1. The van der Waals surface area contributed by atoms with Crippen LogP contribution in [0.1, 0.15) is 23.2 Å². The number of aliphatic carboxylic acids is 1. The molecular formula is C15H14N2O4. The highest BCUT2D eigenvalue weighted by atomic mass is 16.4. The van der Waals surface area contributed by atoms with Crippen LogP contribution >= 0.6 is 0 Å². The quantitative estimate of drug-likeness (QED) is 0.784. The van der Waals surface area contributed by atoms with Gasteiger partial charge in [-0.1, -0.05) is 18.2 Å². The molecule has 0 aliphatic heterocycles. The van der Waals surface area contributed by atoms with E-state index >= 15 is 0 Å². The van der Waals surface area contributed by atoms with E-state index in [4.69, 9.17) is 5.11 Å². The van der Waals surface area contributed by atoms with Gasteiger partial charge in [-0.25, -0.2) is 4.79 Å². The highest BCUT2D eigenvalue weighted by Gasteiger charge is 2.37. The van der Waals surface area contributed by atoms with Crippen LogP contribution in [0.25, 0.3) is 10.9 Å². The molecule has 1 saturated carbocycles. The van der Waals surface area contributed by atoms with E-state index in [1.807, 2.05) is 0 Å². The Balaban J connectivity index is 1.97. The average Bonchev–Trinajstić information content (AvgIpc) is 3.27. The van der Waals surface area contributed by atoms with E-state index in [2.05, 4.69) is 10.3 Å². The third-order valence-corrected chi connectivity index (χ3v) is 3.64. The van der Waals surface area contributed by atoms with Crippen LogP contribution in [-0.2, 0) is 4.79 Å². The third-order valence-electron chi connectivity index (χ3n) is 3.64. The van der Waals surface area contributed by atoms with Crippen LogP contribution in [0.5, 0.6) is 0 Å². The molecule has 21 heavy (non-hydrogen) atoms. The largest absolute Gasteiger partial charge is 0.480 e. The van der Waals surface area contributed by atoms with Crippen LogP contribution in [0, 0.1) is 5.92 Å². The molecule has 1 aliphatic carbocycles. The van der Waals surface area contributed by atoms with Crippen molar-refractivity contribution in [2.24, 2.45) is 5.92 Å².